The van der Waals surface area contributed by atoms with Crippen molar-refractivity contribution in [1.82, 2.24) is 9.97 Å². The minimum atomic E-state index is 0.579. The molecule has 0 radical (unpaired) electrons. The Morgan fingerprint density at radius 1 is 1.12 bits per heavy atom. The number of nitrogens with one attached hydrogen (secondary N) is 1. The molecule has 0 saturated heterocycles. The lowest BCUT2D eigenvalue weighted by atomic mass is 10.2. The highest BCUT2D eigenvalue weighted by Gasteiger charge is 2.12. The van der Waals surface area contributed by atoms with E-state index in [1.807, 2.05) is 31.2 Å². The van der Waals surface area contributed by atoms with Crippen molar-refractivity contribution in [3.05, 3.63) is 30.1 Å². The van der Waals surface area contributed by atoms with Gasteiger partial charge in [0, 0.05) is 31.4 Å². The second kappa shape index (κ2) is 7.38. The third kappa shape index (κ3) is 3.88. The van der Waals surface area contributed by atoms with E-state index < -0.39 is 0 Å². The van der Waals surface area contributed by atoms with Gasteiger partial charge in [-0.3, -0.25) is 0 Å². The molecule has 1 N–H and O–H groups in total. The van der Waals surface area contributed by atoms with Gasteiger partial charge >= 0.3 is 0 Å². The van der Waals surface area contributed by atoms with Crippen LogP contribution in [0.15, 0.2) is 24.3 Å². The normalized spacial score (nSPS) is 12.8. The van der Waals surface area contributed by atoms with Gasteiger partial charge in [-0.2, -0.15) is 0 Å². The van der Waals surface area contributed by atoms with E-state index in [2.05, 4.69) is 34.2 Å². The molecule has 3 rings (SSSR count). The highest BCUT2D eigenvalue weighted by Crippen LogP contribution is 2.33. The van der Waals surface area contributed by atoms with Gasteiger partial charge in [-0.15, -0.1) is 0 Å². The van der Waals surface area contributed by atoms with Gasteiger partial charge in [0.05, 0.1) is 0 Å². The molecule has 1 aromatic carbocycles. The van der Waals surface area contributed by atoms with E-state index in [0.717, 1.165) is 54.0 Å². The fourth-order valence-corrected chi connectivity index (χ4v) is 2.59. The Morgan fingerprint density at radius 2 is 1.92 bits per heavy atom. The number of anilines is 3. The summed E-state index contributed by atoms with van der Waals surface area (Å²) in [4.78, 5) is 11.2. The van der Waals surface area contributed by atoms with Crippen LogP contribution in [0.2, 0.25) is 0 Å². The number of aryl methyl sites for hydroxylation is 1. The van der Waals surface area contributed by atoms with E-state index in [4.69, 9.17) is 9.47 Å². The fourth-order valence-electron chi connectivity index (χ4n) is 2.59. The summed E-state index contributed by atoms with van der Waals surface area (Å²) in [6.07, 6.45) is 2.31. The van der Waals surface area contributed by atoms with Gasteiger partial charge in [0.2, 0.25) is 0 Å². The lowest BCUT2D eigenvalue weighted by Gasteiger charge is -2.20. The molecule has 0 aliphatic carbocycles. The Bertz CT molecular complexity index is 705. The molecule has 0 atom stereocenters. The summed E-state index contributed by atoms with van der Waals surface area (Å²) >= 11 is 0. The van der Waals surface area contributed by atoms with Gasteiger partial charge in [0.25, 0.3) is 0 Å². The number of ether oxygens (including phenoxy) is 2. The maximum Gasteiger partial charge on any atom is 0.163 e. The van der Waals surface area contributed by atoms with Gasteiger partial charge in [-0.25, -0.2) is 9.97 Å². The standard InChI is InChI=1S/C18H24N4O2/c1-4-5-8-22(3)18-12-17(19-13(2)20-18)21-14-6-7-15-16(11-14)24-10-9-23-15/h6-7,11-12H,4-5,8-10H2,1-3H3,(H,19,20,21). The third-order valence-corrected chi connectivity index (χ3v) is 3.88. The summed E-state index contributed by atoms with van der Waals surface area (Å²) in [7, 11) is 2.06. The van der Waals surface area contributed by atoms with Crippen molar-refractivity contribution in [3.8, 4) is 11.5 Å². The monoisotopic (exact) mass is 328 g/mol. The fraction of sp³-hybridized carbons (Fsp3) is 0.444. The highest BCUT2D eigenvalue weighted by molar-refractivity contribution is 5.63. The van der Waals surface area contributed by atoms with Crippen LogP contribution in [0.5, 0.6) is 11.5 Å². The van der Waals surface area contributed by atoms with Gasteiger partial charge in [0.1, 0.15) is 30.7 Å². The number of benzene rings is 1. The molecule has 0 unspecified atom stereocenters. The minimum Gasteiger partial charge on any atom is -0.486 e. The van der Waals surface area contributed by atoms with Crippen molar-refractivity contribution < 1.29 is 9.47 Å². The quantitative estimate of drug-likeness (QED) is 0.875. The first-order valence-electron chi connectivity index (χ1n) is 8.39. The van der Waals surface area contributed by atoms with Crippen LogP contribution in [0.4, 0.5) is 17.3 Å². The van der Waals surface area contributed by atoms with Gasteiger partial charge < -0.3 is 19.7 Å². The van der Waals surface area contributed by atoms with Crippen LogP contribution in [0.25, 0.3) is 0 Å². The molecule has 0 saturated carbocycles. The summed E-state index contributed by atoms with van der Waals surface area (Å²) in [5, 5.41) is 3.33. The maximum atomic E-state index is 5.63. The average Bonchev–Trinajstić information content (AvgIpc) is 2.59. The van der Waals surface area contributed by atoms with Crippen LogP contribution >= 0.6 is 0 Å². The molecule has 6 heteroatoms. The van der Waals surface area contributed by atoms with E-state index in [0.29, 0.717) is 13.2 Å². The van der Waals surface area contributed by atoms with Crippen molar-refractivity contribution in [3.63, 3.8) is 0 Å². The third-order valence-electron chi connectivity index (χ3n) is 3.88. The second-order valence-corrected chi connectivity index (χ2v) is 5.92. The molecule has 2 aromatic rings. The summed E-state index contributed by atoms with van der Waals surface area (Å²) in [5.41, 5.74) is 0.916. The molecule has 0 bridgehead atoms. The van der Waals surface area contributed by atoms with E-state index in [1.165, 1.54) is 0 Å². The van der Waals surface area contributed by atoms with Crippen molar-refractivity contribution in [2.75, 3.05) is 37.0 Å². The number of fused-ring (bicyclic) bond motifs is 1. The van der Waals surface area contributed by atoms with Crippen LogP contribution in [0.3, 0.4) is 0 Å². The zero-order valence-electron chi connectivity index (χ0n) is 14.5. The maximum absolute atomic E-state index is 5.63. The van der Waals surface area contributed by atoms with Crippen LogP contribution in [0, 0.1) is 6.92 Å². The average molecular weight is 328 g/mol. The molecule has 24 heavy (non-hydrogen) atoms. The van der Waals surface area contributed by atoms with Crippen LogP contribution in [-0.4, -0.2) is 36.8 Å². The van der Waals surface area contributed by atoms with Crippen LogP contribution in [-0.2, 0) is 0 Å². The smallest absolute Gasteiger partial charge is 0.163 e. The zero-order valence-corrected chi connectivity index (χ0v) is 14.5. The Labute approximate surface area is 142 Å². The SMILES string of the molecule is CCCCN(C)c1cc(Nc2ccc3c(c2)OCCO3)nc(C)n1. The lowest BCUT2D eigenvalue weighted by Crippen LogP contribution is -2.20. The van der Waals surface area contributed by atoms with E-state index in [9.17, 15) is 0 Å². The predicted molar refractivity (Wildman–Crippen MR) is 95.7 cm³/mol. The first-order valence-corrected chi connectivity index (χ1v) is 8.39. The summed E-state index contributed by atoms with van der Waals surface area (Å²) in [6.45, 7) is 6.25. The molecule has 0 amide bonds. The minimum absolute atomic E-state index is 0.579. The largest absolute Gasteiger partial charge is 0.486 e. The Balaban J connectivity index is 1.78. The molecule has 2 heterocycles. The number of nitrogens with zero attached hydrogens (tertiary/aromatic N) is 3. The van der Waals surface area contributed by atoms with Gasteiger partial charge in [-0.1, -0.05) is 13.3 Å². The molecular formula is C18H24N4O2. The predicted octanol–water partition coefficient (Wildman–Crippen LogP) is 3.54. The van der Waals surface area contributed by atoms with E-state index in [-0.39, 0.29) is 0 Å². The Hall–Kier alpha value is -2.50. The molecule has 128 valence electrons. The van der Waals surface area contributed by atoms with Gasteiger partial charge in [0.15, 0.2) is 11.5 Å². The summed E-state index contributed by atoms with van der Waals surface area (Å²) < 4.78 is 11.2. The Kier molecular flexibility index (Phi) is 5.03. The van der Waals surface area contributed by atoms with E-state index >= 15 is 0 Å². The molecule has 1 aromatic heterocycles. The topological polar surface area (TPSA) is 59.5 Å². The molecule has 0 fully saturated rings. The molecular weight excluding hydrogens is 304 g/mol. The summed E-state index contributed by atoms with van der Waals surface area (Å²) in [5.74, 6) is 3.99. The second-order valence-electron chi connectivity index (χ2n) is 5.92. The molecule has 1 aliphatic heterocycles. The van der Waals surface area contributed by atoms with E-state index in [1.54, 1.807) is 0 Å². The Morgan fingerprint density at radius 3 is 2.71 bits per heavy atom. The number of rotatable bonds is 6. The number of aromatic nitrogens is 2. The first kappa shape index (κ1) is 16.4. The zero-order chi connectivity index (χ0) is 16.9. The van der Waals surface area contributed by atoms with Crippen molar-refractivity contribution in [1.29, 1.82) is 0 Å². The molecule has 0 spiro atoms. The van der Waals surface area contributed by atoms with Crippen molar-refractivity contribution >= 4 is 17.3 Å². The number of hydrogen-bond donors (Lipinski definition) is 1. The molecule has 1 aliphatic rings. The lowest BCUT2D eigenvalue weighted by molar-refractivity contribution is 0.171. The molecule has 6 nitrogen and oxygen atoms in total. The van der Waals surface area contributed by atoms with Crippen LogP contribution in [0.1, 0.15) is 25.6 Å². The van der Waals surface area contributed by atoms with Gasteiger partial charge in [-0.05, 0) is 25.5 Å². The van der Waals surface area contributed by atoms with Crippen LogP contribution < -0.4 is 19.7 Å². The van der Waals surface area contributed by atoms with Crippen molar-refractivity contribution in [2.24, 2.45) is 0 Å². The highest BCUT2D eigenvalue weighted by atomic mass is 16.6. The summed E-state index contributed by atoms with van der Waals surface area (Å²) in [6, 6.07) is 7.79. The first-order chi connectivity index (χ1) is 11.7. The van der Waals surface area contributed by atoms with Crippen molar-refractivity contribution in [2.45, 2.75) is 26.7 Å². The number of unbranched alkanes of at least 4 members (excludes halogenated alkanes) is 1. The number of hydrogen-bond acceptors (Lipinski definition) is 6.